The van der Waals surface area contributed by atoms with Crippen LogP contribution in [0.5, 0.6) is 5.75 Å². The van der Waals surface area contributed by atoms with Gasteiger partial charge in [-0.2, -0.15) is 5.10 Å². The van der Waals surface area contributed by atoms with Gasteiger partial charge in [0.05, 0.1) is 19.3 Å². The van der Waals surface area contributed by atoms with E-state index in [9.17, 15) is 4.79 Å². The highest BCUT2D eigenvalue weighted by molar-refractivity contribution is 5.87. The number of hydrogen-bond donors (Lipinski definition) is 1. The average molecular weight is 273 g/mol. The molecule has 0 aliphatic heterocycles. The SMILES string of the molecule is COc1ccc(C)cc1CC(=O)C(N)c1cnn(C)c1. The first-order chi connectivity index (χ1) is 9.51. The molecular formula is C15H19N3O2. The molecular weight excluding hydrogens is 254 g/mol. The van der Waals surface area contributed by atoms with Crippen LogP contribution in [0, 0.1) is 6.92 Å². The van der Waals surface area contributed by atoms with E-state index >= 15 is 0 Å². The standard InChI is InChI=1S/C15H19N3O2/c1-10-4-5-14(20-3)11(6-10)7-13(19)15(16)12-8-17-18(2)9-12/h4-6,8-9,15H,7,16H2,1-3H3. The van der Waals surface area contributed by atoms with Crippen molar-refractivity contribution in [3.63, 3.8) is 0 Å². The Balaban J connectivity index is 2.17. The molecule has 0 aliphatic rings. The number of Topliss-reactive ketones (excluding diaryl/α,β-unsaturated/α-hetero) is 1. The number of ether oxygens (including phenoxy) is 1. The molecule has 0 aliphatic carbocycles. The van der Waals surface area contributed by atoms with Gasteiger partial charge in [0, 0.05) is 30.8 Å². The van der Waals surface area contributed by atoms with Crippen LogP contribution in [-0.2, 0) is 18.3 Å². The Bertz CT molecular complexity index is 619. The van der Waals surface area contributed by atoms with Crippen LogP contribution in [0.15, 0.2) is 30.6 Å². The highest BCUT2D eigenvalue weighted by Crippen LogP contribution is 2.22. The lowest BCUT2D eigenvalue weighted by Gasteiger charge is -2.12. The molecule has 2 aromatic rings. The van der Waals surface area contributed by atoms with Crippen LogP contribution in [0.1, 0.15) is 22.7 Å². The van der Waals surface area contributed by atoms with Gasteiger partial charge < -0.3 is 10.5 Å². The van der Waals surface area contributed by atoms with Gasteiger partial charge in [-0.1, -0.05) is 17.7 Å². The van der Waals surface area contributed by atoms with E-state index < -0.39 is 6.04 Å². The predicted molar refractivity (Wildman–Crippen MR) is 76.6 cm³/mol. The second-order valence-corrected chi connectivity index (χ2v) is 4.88. The number of aryl methyl sites for hydroxylation is 2. The molecule has 1 heterocycles. The fraction of sp³-hybridized carbons (Fsp3) is 0.333. The first-order valence-electron chi connectivity index (χ1n) is 6.41. The molecule has 0 saturated heterocycles. The number of ketones is 1. The molecule has 0 spiro atoms. The number of aromatic nitrogens is 2. The highest BCUT2D eigenvalue weighted by atomic mass is 16.5. The zero-order valence-corrected chi connectivity index (χ0v) is 12.0. The van der Waals surface area contributed by atoms with E-state index in [2.05, 4.69) is 5.10 Å². The number of benzene rings is 1. The summed E-state index contributed by atoms with van der Waals surface area (Å²) in [5.74, 6) is 0.657. The number of carbonyl (C=O) groups is 1. The summed E-state index contributed by atoms with van der Waals surface area (Å²) in [6.07, 6.45) is 3.63. The second kappa shape index (κ2) is 5.88. The summed E-state index contributed by atoms with van der Waals surface area (Å²) in [5.41, 5.74) is 8.66. The number of nitrogens with two attached hydrogens (primary N) is 1. The van der Waals surface area contributed by atoms with Crippen LogP contribution in [0.4, 0.5) is 0 Å². The summed E-state index contributed by atoms with van der Waals surface area (Å²) >= 11 is 0. The molecule has 2 rings (SSSR count). The van der Waals surface area contributed by atoms with Crippen LogP contribution in [0.2, 0.25) is 0 Å². The molecule has 106 valence electrons. The van der Waals surface area contributed by atoms with Gasteiger partial charge in [-0.15, -0.1) is 0 Å². The van der Waals surface area contributed by atoms with Gasteiger partial charge in [-0.25, -0.2) is 0 Å². The Labute approximate surface area is 118 Å². The molecule has 1 aromatic carbocycles. The zero-order chi connectivity index (χ0) is 14.7. The van der Waals surface area contributed by atoms with Crippen molar-refractivity contribution in [1.82, 2.24) is 9.78 Å². The molecule has 0 amide bonds. The molecule has 1 aromatic heterocycles. The molecule has 5 heteroatoms. The monoisotopic (exact) mass is 273 g/mol. The summed E-state index contributed by atoms with van der Waals surface area (Å²) in [5, 5.41) is 4.03. The number of carbonyl (C=O) groups excluding carboxylic acids is 1. The van der Waals surface area contributed by atoms with Crippen molar-refractivity contribution >= 4 is 5.78 Å². The van der Waals surface area contributed by atoms with Gasteiger partial charge in [0.15, 0.2) is 5.78 Å². The molecule has 5 nitrogen and oxygen atoms in total. The van der Waals surface area contributed by atoms with E-state index in [-0.39, 0.29) is 12.2 Å². The zero-order valence-electron chi connectivity index (χ0n) is 12.0. The first-order valence-corrected chi connectivity index (χ1v) is 6.41. The number of nitrogens with zero attached hydrogens (tertiary/aromatic N) is 2. The van der Waals surface area contributed by atoms with Crippen molar-refractivity contribution in [2.45, 2.75) is 19.4 Å². The average Bonchev–Trinajstić information content (AvgIpc) is 2.84. The van der Waals surface area contributed by atoms with E-state index in [1.54, 1.807) is 31.2 Å². The molecule has 0 bridgehead atoms. The Morgan fingerprint density at radius 3 is 2.85 bits per heavy atom. The fourth-order valence-corrected chi connectivity index (χ4v) is 2.13. The normalized spacial score (nSPS) is 12.2. The van der Waals surface area contributed by atoms with Gasteiger partial charge in [0.2, 0.25) is 0 Å². The Kier molecular flexibility index (Phi) is 4.20. The summed E-state index contributed by atoms with van der Waals surface area (Å²) < 4.78 is 6.92. The lowest BCUT2D eigenvalue weighted by atomic mass is 9.99. The topological polar surface area (TPSA) is 70.1 Å². The summed E-state index contributed by atoms with van der Waals surface area (Å²) in [6.45, 7) is 1.98. The van der Waals surface area contributed by atoms with Crippen LogP contribution in [-0.4, -0.2) is 22.7 Å². The lowest BCUT2D eigenvalue weighted by molar-refractivity contribution is -0.119. The molecule has 0 fully saturated rings. The van der Waals surface area contributed by atoms with Crippen molar-refractivity contribution in [3.05, 3.63) is 47.3 Å². The minimum absolute atomic E-state index is 0.0538. The highest BCUT2D eigenvalue weighted by Gasteiger charge is 2.19. The maximum atomic E-state index is 12.3. The predicted octanol–water partition coefficient (Wildman–Crippen LogP) is 1.55. The van der Waals surface area contributed by atoms with Gasteiger partial charge in [0.1, 0.15) is 5.75 Å². The van der Waals surface area contributed by atoms with E-state index in [0.29, 0.717) is 5.75 Å². The number of methoxy groups -OCH3 is 1. The molecule has 1 atom stereocenters. The van der Waals surface area contributed by atoms with Gasteiger partial charge in [-0.3, -0.25) is 9.48 Å². The maximum absolute atomic E-state index is 12.3. The summed E-state index contributed by atoms with van der Waals surface area (Å²) in [7, 11) is 3.39. The molecule has 1 unspecified atom stereocenters. The van der Waals surface area contributed by atoms with Crippen LogP contribution < -0.4 is 10.5 Å². The van der Waals surface area contributed by atoms with E-state index in [0.717, 1.165) is 16.7 Å². The van der Waals surface area contributed by atoms with Crippen molar-refractivity contribution in [1.29, 1.82) is 0 Å². The first kappa shape index (κ1) is 14.3. The van der Waals surface area contributed by atoms with Gasteiger partial charge in [-0.05, 0) is 13.0 Å². The second-order valence-electron chi connectivity index (χ2n) is 4.88. The molecule has 2 N–H and O–H groups in total. The molecule has 0 saturated carbocycles. The van der Waals surface area contributed by atoms with Crippen LogP contribution in [0.25, 0.3) is 0 Å². The number of rotatable bonds is 5. The third-order valence-electron chi connectivity index (χ3n) is 3.23. The Morgan fingerprint density at radius 2 is 2.25 bits per heavy atom. The van der Waals surface area contributed by atoms with Gasteiger partial charge in [0.25, 0.3) is 0 Å². The minimum Gasteiger partial charge on any atom is -0.496 e. The Hall–Kier alpha value is -2.14. The van der Waals surface area contributed by atoms with Crippen molar-refractivity contribution in [3.8, 4) is 5.75 Å². The smallest absolute Gasteiger partial charge is 0.158 e. The minimum atomic E-state index is -0.658. The van der Waals surface area contributed by atoms with E-state index in [1.165, 1.54) is 0 Å². The number of hydrogen-bond acceptors (Lipinski definition) is 4. The maximum Gasteiger partial charge on any atom is 0.158 e. The van der Waals surface area contributed by atoms with E-state index in [1.807, 2.05) is 25.1 Å². The third-order valence-corrected chi connectivity index (χ3v) is 3.23. The third kappa shape index (κ3) is 3.05. The van der Waals surface area contributed by atoms with Crippen molar-refractivity contribution < 1.29 is 9.53 Å². The van der Waals surface area contributed by atoms with Crippen LogP contribution >= 0.6 is 0 Å². The van der Waals surface area contributed by atoms with Gasteiger partial charge >= 0.3 is 0 Å². The van der Waals surface area contributed by atoms with Crippen LogP contribution in [0.3, 0.4) is 0 Å². The fourth-order valence-electron chi connectivity index (χ4n) is 2.13. The summed E-state index contributed by atoms with van der Waals surface area (Å²) in [4.78, 5) is 12.3. The van der Waals surface area contributed by atoms with E-state index in [4.69, 9.17) is 10.5 Å². The quantitative estimate of drug-likeness (QED) is 0.897. The summed E-state index contributed by atoms with van der Waals surface area (Å²) in [6, 6.07) is 5.11. The lowest BCUT2D eigenvalue weighted by Crippen LogP contribution is -2.23. The Morgan fingerprint density at radius 1 is 1.50 bits per heavy atom. The van der Waals surface area contributed by atoms with Crippen molar-refractivity contribution in [2.24, 2.45) is 12.8 Å². The molecule has 20 heavy (non-hydrogen) atoms. The van der Waals surface area contributed by atoms with Crippen molar-refractivity contribution in [2.75, 3.05) is 7.11 Å². The largest absolute Gasteiger partial charge is 0.496 e. The molecule has 0 radical (unpaired) electrons.